The van der Waals surface area contributed by atoms with Crippen molar-refractivity contribution in [2.75, 3.05) is 31.9 Å². The van der Waals surface area contributed by atoms with Gasteiger partial charge in [0.2, 0.25) is 0 Å². The highest BCUT2D eigenvalue weighted by Gasteiger charge is 2.20. The van der Waals surface area contributed by atoms with Crippen LogP contribution in [-0.4, -0.2) is 42.1 Å². The van der Waals surface area contributed by atoms with Crippen LogP contribution in [0.1, 0.15) is 38.3 Å². The van der Waals surface area contributed by atoms with Crippen molar-refractivity contribution in [2.24, 2.45) is 0 Å². The minimum absolute atomic E-state index is 0.470. The summed E-state index contributed by atoms with van der Waals surface area (Å²) in [6, 6.07) is 9.23. The highest BCUT2D eigenvalue weighted by atomic mass is 79.9. The number of thioether (sulfide) groups is 1. The lowest BCUT2D eigenvalue weighted by Crippen LogP contribution is -2.39. The number of nitrogens with one attached hydrogen (secondary N) is 1. The Morgan fingerprint density at radius 3 is 2.76 bits per heavy atom. The van der Waals surface area contributed by atoms with Gasteiger partial charge in [0.25, 0.3) is 0 Å². The first-order valence-corrected chi connectivity index (χ1v) is 9.90. The Morgan fingerprint density at radius 2 is 2.10 bits per heavy atom. The molecule has 0 spiro atoms. The van der Waals surface area contributed by atoms with Crippen molar-refractivity contribution in [1.29, 1.82) is 0 Å². The summed E-state index contributed by atoms with van der Waals surface area (Å²) in [7, 11) is 0. The van der Waals surface area contributed by atoms with Crippen LogP contribution in [-0.2, 0) is 0 Å². The molecule has 1 fully saturated rings. The third kappa shape index (κ3) is 5.59. The lowest BCUT2D eigenvalue weighted by molar-refractivity contribution is 0.263. The van der Waals surface area contributed by atoms with E-state index in [0.717, 1.165) is 16.3 Å². The summed E-state index contributed by atoms with van der Waals surface area (Å²) in [6.07, 6.45) is 2.49. The fourth-order valence-corrected chi connectivity index (χ4v) is 4.38. The van der Waals surface area contributed by atoms with E-state index in [0.29, 0.717) is 6.04 Å². The molecule has 0 radical (unpaired) electrons. The molecular weight excluding hydrogens is 344 g/mol. The first-order chi connectivity index (χ1) is 10.2. The van der Waals surface area contributed by atoms with E-state index < -0.39 is 0 Å². The van der Waals surface area contributed by atoms with E-state index in [-0.39, 0.29) is 0 Å². The molecule has 2 unspecified atom stereocenters. The van der Waals surface area contributed by atoms with Gasteiger partial charge in [-0.25, -0.2) is 0 Å². The summed E-state index contributed by atoms with van der Waals surface area (Å²) < 4.78 is 1.15. The normalized spacial score (nSPS) is 21.4. The average Bonchev–Trinajstić information content (AvgIpc) is 2.52. The number of nitrogens with zero attached hydrogens (tertiary/aromatic N) is 1. The molecule has 4 heteroatoms. The van der Waals surface area contributed by atoms with E-state index in [2.05, 4.69) is 76.0 Å². The predicted molar refractivity (Wildman–Crippen MR) is 98.2 cm³/mol. The number of halogens is 1. The molecule has 21 heavy (non-hydrogen) atoms. The Bertz CT molecular complexity index is 410. The lowest BCUT2D eigenvalue weighted by Gasteiger charge is -2.33. The van der Waals surface area contributed by atoms with Crippen LogP contribution in [0.15, 0.2) is 28.7 Å². The molecule has 0 saturated carbocycles. The maximum Gasteiger partial charge on any atom is 0.0332 e. The Balaban J connectivity index is 1.89. The summed E-state index contributed by atoms with van der Waals surface area (Å²) in [5, 5.41) is 4.47. The molecule has 1 saturated heterocycles. The number of rotatable bonds is 7. The maximum absolute atomic E-state index is 3.64. The molecule has 0 aliphatic carbocycles. The second-order valence-corrected chi connectivity index (χ2v) is 7.98. The quantitative estimate of drug-likeness (QED) is 0.769. The smallest absolute Gasteiger partial charge is 0.0332 e. The molecule has 0 bridgehead atoms. The summed E-state index contributed by atoms with van der Waals surface area (Å²) in [4.78, 5) is 2.65. The van der Waals surface area contributed by atoms with Gasteiger partial charge in [-0.2, -0.15) is 11.8 Å². The second kappa shape index (κ2) is 9.19. The van der Waals surface area contributed by atoms with Gasteiger partial charge in [-0.15, -0.1) is 0 Å². The highest BCUT2D eigenvalue weighted by Crippen LogP contribution is 2.24. The topological polar surface area (TPSA) is 15.3 Å². The van der Waals surface area contributed by atoms with Crippen molar-refractivity contribution in [3.8, 4) is 0 Å². The van der Waals surface area contributed by atoms with E-state index in [4.69, 9.17) is 0 Å². The minimum atomic E-state index is 0.470. The molecule has 0 amide bonds. The Hall–Kier alpha value is -0.0300. The third-order valence-electron chi connectivity index (χ3n) is 4.14. The Kier molecular flexibility index (Phi) is 7.58. The van der Waals surface area contributed by atoms with Crippen LogP contribution in [0.4, 0.5) is 0 Å². The number of hydrogen-bond acceptors (Lipinski definition) is 3. The van der Waals surface area contributed by atoms with Crippen molar-refractivity contribution < 1.29 is 0 Å². The van der Waals surface area contributed by atoms with E-state index in [1.54, 1.807) is 0 Å². The maximum atomic E-state index is 3.64. The first kappa shape index (κ1) is 17.3. The Labute approximate surface area is 142 Å². The molecule has 1 aliphatic rings. The van der Waals surface area contributed by atoms with Crippen LogP contribution in [0.2, 0.25) is 0 Å². The molecule has 1 heterocycles. The van der Waals surface area contributed by atoms with E-state index in [1.165, 1.54) is 43.8 Å². The van der Waals surface area contributed by atoms with Gasteiger partial charge < -0.3 is 10.2 Å². The largest absolute Gasteiger partial charge is 0.310 e. The SMILES string of the molecule is CCNC(CCN1CCSC(CC)C1)c1ccc(Br)cc1. The fourth-order valence-electron chi connectivity index (χ4n) is 2.87. The van der Waals surface area contributed by atoms with Gasteiger partial charge in [-0.05, 0) is 37.1 Å². The highest BCUT2D eigenvalue weighted by molar-refractivity contribution is 9.10. The van der Waals surface area contributed by atoms with Crippen LogP contribution in [0.3, 0.4) is 0 Å². The van der Waals surface area contributed by atoms with Crippen LogP contribution in [0, 0.1) is 0 Å². The van der Waals surface area contributed by atoms with Gasteiger partial charge in [-0.3, -0.25) is 0 Å². The predicted octanol–water partition coefficient (Wildman–Crippen LogP) is 4.32. The van der Waals surface area contributed by atoms with Gasteiger partial charge in [0.05, 0.1) is 0 Å². The van der Waals surface area contributed by atoms with Crippen LogP contribution in [0.5, 0.6) is 0 Å². The molecular formula is C17H27BrN2S. The summed E-state index contributed by atoms with van der Waals surface area (Å²) in [5.41, 5.74) is 1.40. The van der Waals surface area contributed by atoms with Crippen molar-refractivity contribution >= 4 is 27.7 Å². The molecule has 2 atom stereocenters. The molecule has 1 aliphatic heterocycles. The van der Waals surface area contributed by atoms with Gasteiger partial charge in [0.15, 0.2) is 0 Å². The zero-order valence-electron chi connectivity index (χ0n) is 13.1. The van der Waals surface area contributed by atoms with E-state index in [9.17, 15) is 0 Å². The van der Waals surface area contributed by atoms with Crippen molar-refractivity contribution in [3.05, 3.63) is 34.3 Å². The molecule has 2 nitrogen and oxygen atoms in total. The average molecular weight is 371 g/mol. The standard InChI is InChI=1S/C17H27BrN2S/c1-3-16-13-20(11-12-21-16)10-9-17(19-4-2)14-5-7-15(18)8-6-14/h5-8,16-17,19H,3-4,9-13H2,1-2H3. The van der Waals surface area contributed by atoms with Gasteiger partial charge in [0.1, 0.15) is 0 Å². The summed E-state index contributed by atoms with van der Waals surface area (Å²) >= 11 is 5.67. The van der Waals surface area contributed by atoms with Gasteiger partial charge in [0, 0.05) is 41.2 Å². The second-order valence-electron chi connectivity index (χ2n) is 5.65. The molecule has 0 aromatic heterocycles. The molecule has 2 rings (SSSR count). The van der Waals surface area contributed by atoms with Crippen LogP contribution in [0.25, 0.3) is 0 Å². The molecule has 1 N–H and O–H groups in total. The lowest BCUT2D eigenvalue weighted by atomic mass is 10.0. The summed E-state index contributed by atoms with van der Waals surface area (Å²) in [5.74, 6) is 1.29. The van der Waals surface area contributed by atoms with Crippen molar-refractivity contribution in [1.82, 2.24) is 10.2 Å². The number of hydrogen-bond donors (Lipinski definition) is 1. The molecule has 118 valence electrons. The van der Waals surface area contributed by atoms with Crippen LogP contribution >= 0.6 is 27.7 Å². The number of benzene rings is 1. The van der Waals surface area contributed by atoms with Gasteiger partial charge in [-0.1, -0.05) is 41.9 Å². The van der Waals surface area contributed by atoms with Crippen molar-refractivity contribution in [2.45, 2.75) is 38.0 Å². The van der Waals surface area contributed by atoms with Gasteiger partial charge >= 0.3 is 0 Å². The third-order valence-corrected chi connectivity index (χ3v) is 6.04. The fraction of sp³-hybridized carbons (Fsp3) is 0.647. The van der Waals surface area contributed by atoms with E-state index >= 15 is 0 Å². The first-order valence-electron chi connectivity index (χ1n) is 8.05. The molecule has 1 aromatic rings. The Morgan fingerprint density at radius 1 is 1.33 bits per heavy atom. The molecule has 1 aromatic carbocycles. The minimum Gasteiger partial charge on any atom is -0.310 e. The van der Waals surface area contributed by atoms with Crippen molar-refractivity contribution in [3.63, 3.8) is 0 Å². The van der Waals surface area contributed by atoms with Crippen LogP contribution < -0.4 is 5.32 Å². The van der Waals surface area contributed by atoms with E-state index in [1.807, 2.05) is 0 Å². The zero-order chi connectivity index (χ0) is 15.1. The monoisotopic (exact) mass is 370 g/mol. The summed E-state index contributed by atoms with van der Waals surface area (Å²) in [6.45, 7) is 9.24. The zero-order valence-corrected chi connectivity index (χ0v) is 15.5.